The normalized spacial score (nSPS) is 11.1. The molecule has 0 bridgehead atoms. The zero-order chi connectivity index (χ0) is 28.5. The summed E-state index contributed by atoms with van der Waals surface area (Å²) in [5, 5.41) is 21.1. The van der Waals surface area contributed by atoms with Gasteiger partial charge >= 0.3 is 0 Å². The number of para-hydroxylation sites is 2. The van der Waals surface area contributed by atoms with Crippen LogP contribution < -0.4 is 9.47 Å². The van der Waals surface area contributed by atoms with Crippen molar-refractivity contribution in [3.8, 4) is 34.1 Å². The third-order valence-corrected chi connectivity index (χ3v) is 6.61. The van der Waals surface area contributed by atoms with Crippen LogP contribution in [0.15, 0.2) is 82.8 Å². The largest absolute Gasteiger partial charge is 0.504 e. The molecule has 1 radical (unpaired) electrons. The molecule has 0 aliphatic carbocycles. The maximum absolute atomic E-state index is 10.5. The summed E-state index contributed by atoms with van der Waals surface area (Å²) in [5.41, 5.74) is 7.96. The first kappa shape index (κ1) is 31.5. The van der Waals surface area contributed by atoms with Crippen molar-refractivity contribution in [2.45, 2.75) is 40.8 Å². The number of rotatable bonds is 11. The van der Waals surface area contributed by atoms with Crippen molar-refractivity contribution in [2.75, 3.05) is 13.2 Å². The smallest absolute Gasteiger partial charge is 0.166 e. The molecular formula is C34H36CoN2O4. The summed E-state index contributed by atoms with van der Waals surface area (Å²) in [7, 11) is 0. The van der Waals surface area contributed by atoms with Gasteiger partial charge in [-0.25, -0.2) is 0 Å². The van der Waals surface area contributed by atoms with Gasteiger partial charge in [0, 0.05) is 40.3 Å². The summed E-state index contributed by atoms with van der Waals surface area (Å²) in [6.45, 7) is 9.83. The number of nitrogens with zero attached hydrogens (tertiary/aromatic N) is 2. The number of aromatic hydroxyl groups is 2. The van der Waals surface area contributed by atoms with Crippen LogP contribution in [0.5, 0.6) is 23.0 Å². The van der Waals surface area contributed by atoms with Crippen molar-refractivity contribution in [2.24, 2.45) is 9.98 Å². The third kappa shape index (κ3) is 7.57. The van der Waals surface area contributed by atoms with Gasteiger partial charge in [0.2, 0.25) is 0 Å². The van der Waals surface area contributed by atoms with E-state index in [-0.39, 0.29) is 28.3 Å². The molecule has 0 amide bonds. The Morgan fingerprint density at radius 1 is 0.610 bits per heavy atom. The summed E-state index contributed by atoms with van der Waals surface area (Å²) in [5.74, 6) is 1.08. The number of hydrogen-bond acceptors (Lipinski definition) is 6. The van der Waals surface area contributed by atoms with Crippen molar-refractivity contribution in [1.82, 2.24) is 0 Å². The fourth-order valence-corrected chi connectivity index (χ4v) is 4.75. The van der Waals surface area contributed by atoms with Crippen LogP contribution >= 0.6 is 0 Å². The molecule has 41 heavy (non-hydrogen) atoms. The van der Waals surface area contributed by atoms with Gasteiger partial charge in [0.25, 0.3) is 0 Å². The quantitative estimate of drug-likeness (QED) is 0.177. The van der Waals surface area contributed by atoms with Crippen LogP contribution in [0.2, 0.25) is 0 Å². The molecule has 0 saturated carbocycles. The summed E-state index contributed by atoms with van der Waals surface area (Å²) < 4.78 is 11.0. The number of ether oxygens (including phenoxy) is 2. The van der Waals surface area contributed by atoms with Gasteiger partial charge in [0.05, 0.1) is 26.3 Å². The van der Waals surface area contributed by atoms with E-state index in [1.54, 1.807) is 24.6 Å². The Hall–Kier alpha value is -4.07. The van der Waals surface area contributed by atoms with Gasteiger partial charge in [-0.1, -0.05) is 48.5 Å². The number of phenols is 2. The summed E-state index contributed by atoms with van der Waals surface area (Å²) in [6, 6.07) is 23.3. The van der Waals surface area contributed by atoms with E-state index in [1.165, 1.54) is 0 Å². The number of benzene rings is 4. The fourth-order valence-electron chi connectivity index (χ4n) is 4.75. The number of phenolic OH excluding ortho intramolecular Hbond substituents is 2. The zero-order valence-electron chi connectivity index (χ0n) is 23.9. The molecule has 0 aromatic heterocycles. The van der Waals surface area contributed by atoms with Gasteiger partial charge in [0.15, 0.2) is 23.0 Å². The molecular weight excluding hydrogens is 559 g/mol. The SMILES string of the molecule is CCOc1cccc(C=NCc2cccc(C)c2-c2c(C)cccc2CN=Cc2cccc(OCC)c2O)c1O.[Co]. The van der Waals surface area contributed by atoms with Gasteiger partial charge in [-0.3, -0.25) is 9.98 Å². The van der Waals surface area contributed by atoms with E-state index < -0.39 is 0 Å². The Morgan fingerprint density at radius 2 is 1.00 bits per heavy atom. The predicted octanol–water partition coefficient (Wildman–Crippen LogP) is 7.41. The Kier molecular flexibility index (Phi) is 11.6. The van der Waals surface area contributed by atoms with Crippen molar-refractivity contribution >= 4 is 12.4 Å². The number of aliphatic imine (C=N–C) groups is 2. The monoisotopic (exact) mass is 595 g/mol. The maximum atomic E-state index is 10.5. The van der Waals surface area contributed by atoms with Gasteiger partial charge in [-0.2, -0.15) is 0 Å². The second kappa shape index (κ2) is 15.1. The zero-order valence-corrected chi connectivity index (χ0v) is 24.9. The van der Waals surface area contributed by atoms with E-state index in [0.29, 0.717) is 48.9 Å². The predicted molar refractivity (Wildman–Crippen MR) is 162 cm³/mol. The Labute approximate surface area is 252 Å². The van der Waals surface area contributed by atoms with Crippen LogP contribution in [0, 0.1) is 13.8 Å². The fraction of sp³-hybridized carbons (Fsp3) is 0.235. The van der Waals surface area contributed by atoms with E-state index in [4.69, 9.17) is 9.47 Å². The minimum atomic E-state index is 0. The molecule has 4 aromatic rings. The van der Waals surface area contributed by atoms with Crippen LogP contribution in [0.3, 0.4) is 0 Å². The molecule has 4 aromatic carbocycles. The molecule has 0 heterocycles. The van der Waals surface area contributed by atoms with Crippen LogP contribution in [0.4, 0.5) is 0 Å². The summed E-state index contributed by atoms with van der Waals surface area (Å²) in [6.07, 6.45) is 3.38. The molecule has 0 saturated heterocycles. The molecule has 0 fully saturated rings. The van der Waals surface area contributed by atoms with E-state index >= 15 is 0 Å². The second-order valence-electron chi connectivity index (χ2n) is 9.41. The molecule has 215 valence electrons. The van der Waals surface area contributed by atoms with E-state index in [0.717, 1.165) is 33.4 Å². The Bertz CT molecular complexity index is 1420. The molecule has 6 nitrogen and oxygen atoms in total. The van der Waals surface area contributed by atoms with Crippen molar-refractivity contribution in [3.63, 3.8) is 0 Å². The molecule has 0 aliphatic heterocycles. The maximum Gasteiger partial charge on any atom is 0.166 e. The van der Waals surface area contributed by atoms with Gasteiger partial charge in [-0.15, -0.1) is 0 Å². The van der Waals surface area contributed by atoms with Crippen LogP contribution in [0.1, 0.15) is 47.2 Å². The van der Waals surface area contributed by atoms with Crippen LogP contribution in [-0.4, -0.2) is 35.9 Å². The van der Waals surface area contributed by atoms with Crippen molar-refractivity contribution in [3.05, 3.63) is 106 Å². The summed E-state index contributed by atoms with van der Waals surface area (Å²) in [4.78, 5) is 9.37. The summed E-state index contributed by atoms with van der Waals surface area (Å²) >= 11 is 0. The van der Waals surface area contributed by atoms with Gasteiger partial charge in [0.1, 0.15) is 0 Å². The second-order valence-corrected chi connectivity index (χ2v) is 9.41. The van der Waals surface area contributed by atoms with Crippen LogP contribution in [0.25, 0.3) is 11.1 Å². The molecule has 0 aliphatic rings. The average Bonchev–Trinajstić information content (AvgIpc) is 2.94. The number of hydrogen-bond donors (Lipinski definition) is 2. The molecule has 4 rings (SSSR count). The first-order chi connectivity index (χ1) is 19.4. The minimum absolute atomic E-state index is 0. The molecule has 0 spiro atoms. The van der Waals surface area contributed by atoms with Crippen LogP contribution in [-0.2, 0) is 29.9 Å². The topological polar surface area (TPSA) is 83.6 Å². The first-order valence-corrected chi connectivity index (χ1v) is 13.5. The minimum Gasteiger partial charge on any atom is -0.504 e. The van der Waals surface area contributed by atoms with E-state index in [1.807, 2.05) is 50.2 Å². The van der Waals surface area contributed by atoms with E-state index in [2.05, 4.69) is 48.1 Å². The Morgan fingerprint density at radius 3 is 1.39 bits per heavy atom. The standard InChI is InChI=1S/C34H36N2O4.Co/c1-5-39-29-17-9-15-27(33(29)37)21-35-19-25-13-7-11-23(3)31(25)32-24(4)12-8-14-26(32)20-36-22-28-16-10-18-30(34(28)38)40-6-2;/h7-18,21-22,37-38H,5-6,19-20H2,1-4H3;. The molecule has 7 heteroatoms. The number of aryl methyl sites for hydroxylation is 2. The van der Waals surface area contributed by atoms with E-state index in [9.17, 15) is 10.2 Å². The molecule has 0 unspecified atom stereocenters. The van der Waals surface area contributed by atoms with Gasteiger partial charge < -0.3 is 19.7 Å². The average molecular weight is 596 g/mol. The molecule has 2 N–H and O–H groups in total. The Balaban J connectivity index is 0.00000462. The molecule has 0 atom stereocenters. The third-order valence-electron chi connectivity index (χ3n) is 6.61. The van der Waals surface area contributed by atoms with Gasteiger partial charge in [-0.05, 0) is 85.3 Å². The first-order valence-electron chi connectivity index (χ1n) is 13.5. The van der Waals surface area contributed by atoms with Crippen molar-refractivity contribution < 1.29 is 36.5 Å². The van der Waals surface area contributed by atoms with Crippen molar-refractivity contribution in [1.29, 1.82) is 0 Å².